The first-order valence-corrected chi connectivity index (χ1v) is 8.53. The maximum atomic E-state index is 13.0. The number of H-pyrrole nitrogens is 1. The minimum atomic E-state index is -0.373. The molecule has 0 aliphatic carbocycles. The lowest BCUT2D eigenvalue weighted by molar-refractivity contribution is 0.252. The van der Waals surface area contributed by atoms with Crippen molar-refractivity contribution in [1.82, 2.24) is 20.5 Å². The van der Waals surface area contributed by atoms with Gasteiger partial charge in [-0.25, -0.2) is 14.2 Å². The van der Waals surface area contributed by atoms with E-state index in [0.29, 0.717) is 47.4 Å². The van der Waals surface area contributed by atoms with Gasteiger partial charge in [-0.05, 0) is 36.4 Å². The van der Waals surface area contributed by atoms with E-state index in [1.807, 2.05) is 0 Å². The Morgan fingerprint density at radius 2 is 1.93 bits per heavy atom. The Morgan fingerprint density at radius 3 is 2.64 bits per heavy atom. The molecule has 0 bridgehead atoms. The Kier molecular flexibility index (Phi) is 6.05. The molecule has 0 spiro atoms. The highest BCUT2D eigenvalue weighted by Crippen LogP contribution is 2.28. The molecule has 1 aromatic heterocycles. The zero-order valence-corrected chi connectivity index (χ0v) is 15.5. The van der Waals surface area contributed by atoms with Crippen LogP contribution in [0.4, 0.5) is 14.9 Å². The van der Waals surface area contributed by atoms with Crippen molar-refractivity contribution >= 4 is 11.7 Å². The highest BCUT2D eigenvalue weighted by atomic mass is 19.1. The second kappa shape index (κ2) is 8.85. The minimum absolute atomic E-state index is 0.316. The van der Waals surface area contributed by atoms with Crippen LogP contribution in [0.25, 0.3) is 11.4 Å². The number of amides is 2. The van der Waals surface area contributed by atoms with Gasteiger partial charge in [0.25, 0.3) is 0 Å². The number of hydrogen-bond donors (Lipinski definition) is 3. The summed E-state index contributed by atoms with van der Waals surface area (Å²) in [4.78, 5) is 16.4. The number of methoxy groups -OCH3 is 2. The SMILES string of the molecule is COc1ccc(NC(=O)NCCc2nc(-c3ccc(F)cc3)n[nH]2)c(OC)c1. The van der Waals surface area contributed by atoms with Crippen LogP contribution in [-0.2, 0) is 6.42 Å². The van der Waals surface area contributed by atoms with Gasteiger partial charge in [0.15, 0.2) is 5.82 Å². The second-order valence-electron chi connectivity index (χ2n) is 5.81. The van der Waals surface area contributed by atoms with Gasteiger partial charge >= 0.3 is 6.03 Å². The number of hydrogen-bond acceptors (Lipinski definition) is 5. The average Bonchev–Trinajstić information content (AvgIpc) is 3.17. The summed E-state index contributed by atoms with van der Waals surface area (Å²) in [5, 5.41) is 12.4. The van der Waals surface area contributed by atoms with Crippen LogP contribution in [0.1, 0.15) is 5.82 Å². The molecule has 3 rings (SSSR count). The second-order valence-corrected chi connectivity index (χ2v) is 5.81. The van der Waals surface area contributed by atoms with E-state index < -0.39 is 0 Å². The third kappa shape index (κ3) is 4.76. The summed E-state index contributed by atoms with van der Waals surface area (Å²) < 4.78 is 23.4. The number of aromatic nitrogens is 3. The first-order chi connectivity index (χ1) is 13.6. The van der Waals surface area contributed by atoms with Crippen LogP contribution in [0.15, 0.2) is 42.5 Å². The van der Waals surface area contributed by atoms with E-state index in [-0.39, 0.29) is 11.8 Å². The summed E-state index contributed by atoms with van der Waals surface area (Å²) >= 11 is 0. The number of ether oxygens (including phenoxy) is 2. The molecule has 0 aliphatic rings. The molecule has 146 valence electrons. The molecule has 0 fully saturated rings. The van der Waals surface area contributed by atoms with Crippen molar-refractivity contribution in [3.63, 3.8) is 0 Å². The van der Waals surface area contributed by atoms with E-state index in [4.69, 9.17) is 9.47 Å². The van der Waals surface area contributed by atoms with Gasteiger partial charge in [0.2, 0.25) is 0 Å². The van der Waals surface area contributed by atoms with Crippen molar-refractivity contribution in [1.29, 1.82) is 0 Å². The lowest BCUT2D eigenvalue weighted by atomic mass is 10.2. The van der Waals surface area contributed by atoms with Gasteiger partial charge in [0, 0.05) is 24.6 Å². The summed E-state index contributed by atoms with van der Waals surface area (Å²) in [5.41, 5.74) is 1.24. The molecule has 28 heavy (non-hydrogen) atoms. The topological polar surface area (TPSA) is 101 Å². The normalized spacial score (nSPS) is 10.4. The van der Waals surface area contributed by atoms with Crippen molar-refractivity contribution in [3.05, 3.63) is 54.1 Å². The molecule has 2 aromatic carbocycles. The van der Waals surface area contributed by atoms with Crippen molar-refractivity contribution in [2.45, 2.75) is 6.42 Å². The number of carbonyl (C=O) groups is 1. The number of rotatable bonds is 7. The highest BCUT2D eigenvalue weighted by molar-refractivity contribution is 5.91. The molecule has 8 nitrogen and oxygen atoms in total. The number of halogens is 1. The zero-order valence-electron chi connectivity index (χ0n) is 15.5. The van der Waals surface area contributed by atoms with Gasteiger partial charge in [-0.2, -0.15) is 5.10 Å². The Balaban J connectivity index is 1.51. The van der Waals surface area contributed by atoms with Crippen LogP contribution < -0.4 is 20.1 Å². The fraction of sp³-hybridized carbons (Fsp3) is 0.211. The quantitative estimate of drug-likeness (QED) is 0.580. The molecule has 0 radical (unpaired) electrons. The van der Waals surface area contributed by atoms with Crippen LogP contribution in [0.2, 0.25) is 0 Å². The molecule has 2 amide bonds. The van der Waals surface area contributed by atoms with Gasteiger partial charge in [0.05, 0.1) is 19.9 Å². The molecule has 0 aliphatic heterocycles. The number of urea groups is 1. The minimum Gasteiger partial charge on any atom is -0.497 e. The number of anilines is 1. The molecule has 0 saturated carbocycles. The van der Waals surface area contributed by atoms with Crippen LogP contribution in [0.3, 0.4) is 0 Å². The Bertz CT molecular complexity index is 943. The predicted molar refractivity (Wildman–Crippen MR) is 102 cm³/mol. The molecular weight excluding hydrogens is 365 g/mol. The standard InChI is InChI=1S/C19H20FN5O3/c1-27-14-7-8-15(16(11-14)28-2)22-19(26)21-10-9-17-23-18(25-24-17)12-3-5-13(20)6-4-12/h3-8,11H,9-10H2,1-2H3,(H2,21,22,26)(H,23,24,25). The smallest absolute Gasteiger partial charge is 0.319 e. The molecule has 3 aromatic rings. The summed E-state index contributed by atoms with van der Waals surface area (Å²) in [5.74, 6) is 1.89. The molecule has 3 N–H and O–H groups in total. The molecule has 0 saturated heterocycles. The number of nitrogens with zero attached hydrogens (tertiary/aromatic N) is 2. The molecule has 0 atom stereocenters. The van der Waals surface area contributed by atoms with E-state index in [9.17, 15) is 9.18 Å². The van der Waals surface area contributed by atoms with Crippen molar-refractivity contribution in [2.24, 2.45) is 0 Å². The van der Waals surface area contributed by atoms with Crippen molar-refractivity contribution < 1.29 is 18.7 Å². The molecular formula is C19H20FN5O3. The van der Waals surface area contributed by atoms with E-state index in [1.54, 1.807) is 37.4 Å². The van der Waals surface area contributed by atoms with Gasteiger partial charge in [-0.1, -0.05) is 0 Å². The third-order valence-electron chi connectivity index (χ3n) is 3.94. The maximum Gasteiger partial charge on any atom is 0.319 e. The largest absolute Gasteiger partial charge is 0.497 e. The summed E-state index contributed by atoms with van der Waals surface area (Å²) in [6.07, 6.45) is 0.460. The zero-order chi connectivity index (χ0) is 19.9. The molecule has 9 heteroatoms. The number of aromatic amines is 1. The Hall–Kier alpha value is -3.62. The van der Waals surface area contributed by atoms with E-state index in [0.717, 1.165) is 0 Å². The van der Waals surface area contributed by atoms with Gasteiger partial charge < -0.3 is 20.1 Å². The van der Waals surface area contributed by atoms with Crippen LogP contribution in [-0.4, -0.2) is 42.0 Å². The predicted octanol–water partition coefficient (Wildman–Crippen LogP) is 2.99. The number of carbonyl (C=O) groups excluding carboxylic acids is 1. The third-order valence-corrected chi connectivity index (χ3v) is 3.94. The lowest BCUT2D eigenvalue weighted by Gasteiger charge is -2.12. The summed E-state index contributed by atoms with van der Waals surface area (Å²) in [6.45, 7) is 0.350. The van der Waals surface area contributed by atoms with E-state index in [1.165, 1.54) is 19.2 Å². The maximum absolute atomic E-state index is 13.0. The summed E-state index contributed by atoms with van der Waals surface area (Å²) in [6, 6.07) is 10.6. The fourth-order valence-corrected chi connectivity index (χ4v) is 2.50. The molecule has 0 unspecified atom stereocenters. The molecule has 1 heterocycles. The van der Waals surface area contributed by atoms with Crippen LogP contribution in [0.5, 0.6) is 11.5 Å². The van der Waals surface area contributed by atoms with Crippen molar-refractivity contribution in [3.8, 4) is 22.9 Å². The van der Waals surface area contributed by atoms with Crippen LogP contribution >= 0.6 is 0 Å². The van der Waals surface area contributed by atoms with E-state index in [2.05, 4.69) is 25.8 Å². The average molecular weight is 385 g/mol. The summed E-state index contributed by atoms with van der Waals surface area (Å²) in [7, 11) is 3.07. The van der Waals surface area contributed by atoms with Crippen LogP contribution in [0, 0.1) is 5.82 Å². The number of nitrogens with one attached hydrogen (secondary N) is 3. The Morgan fingerprint density at radius 1 is 1.14 bits per heavy atom. The fourth-order valence-electron chi connectivity index (χ4n) is 2.50. The first-order valence-electron chi connectivity index (χ1n) is 8.53. The lowest BCUT2D eigenvalue weighted by Crippen LogP contribution is -2.30. The van der Waals surface area contributed by atoms with E-state index >= 15 is 0 Å². The highest BCUT2D eigenvalue weighted by Gasteiger charge is 2.10. The van der Waals surface area contributed by atoms with Gasteiger partial charge in [-0.15, -0.1) is 0 Å². The van der Waals surface area contributed by atoms with Gasteiger partial charge in [0.1, 0.15) is 23.1 Å². The number of benzene rings is 2. The van der Waals surface area contributed by atoms with Gasteiger partial charge in [-0.3, -0.25) is 5.10 Å². The van der Waals surface area contributed by atoms with Crippen molar-refractivity contribution in [2.75, 3.05) is 26.1 Å². The Labute approximate surface area is 161 Å². The first kappa shape index (κ1) is 19.2. The monoisotopic (exact) mass is 385 g/mol.